The van der Waals surface area contributed by atoms with Crippen LogP contribution in [0.3, 0.4) is 0 Å². The number of hydrogen-bond acceptors (Lipinski definition) is 6. The van der Waals surface area contributed by atoms with Crippen molar-refractivity contribution in [3.63, 3.8) is 0 Å². The van der Waals surface area contributed by atoms with Gasteiger partial charge < -0.3 is 10.2 Å². The number of benzene rings is 4. The van der Waals surface area contributed by atoms with Crippen LogP contribution in [0.2, 0.25) is 0 Å². The van der Waals surface area contributed by atoms with Crippen LogP contribution in [0, 0.1) is 10.1 Å². The lowest BCUT2D eigenvalue weighted by Crippen LogP contribution is -2.53. The van der Waals surface area contributed by atoms with E-state index in [1.165, 1.54) is 35.2 Å². The van der Waals surface area contributed by atoms with E-state index in [0.29, 0.717) is 6.54 Å². The molecule has 4 aromatic carbocycles. The Morgan fingerprint density at radius 1 is 0.891 bits per heavy atom. The van der Waals surface area contributed by atoms with Crippen molar-refractivity contribution in [3.8, 4) is 0 Å². The van der Waals surface area contributed by atoms with Gasteiger partial charge in [0.05, 0.1) is 15.5 Å². The molecular weight excluding hydrogens is 672 g/mol. The SMILES string of the molecule is CCCCNC(=O)[C@H](Cc1ccccc1)N(Cc1ccc(Br)cc1)C(=O)CN(c1cccc([N+](=O)[O-])c1)S(=O)(=O)c1ccccc1. The second-order valence-corrected chi connectivity index (χ2v) is 13.4. The van der Waals surface area contributed by atoms with E-state index in [0.717, 1.165) is 38.8 Å². The normalized spacial score (nSPS) is 11.8. The van der Waals surface area contributed by atoms with Gasteiger partial charge in [-0.05, 0) is 47.9 Å². The maximum Gasteiger partial charge on any atom is 0.271 e. The molecule has 0 bridgehead atoms. The number of nitrogens with one attached hydrogen (secondary N) is 1. The van der Waals surface area contributed by atoms with Crippen LogP contribution in [0.25, 0.3) is 0 Å². The molecule has 0 aliphatic carbocycles. The van der Waals surface area contributed by atoms with Gasteiger partial charge in [-0.25, -0.2) is 8.42 Å². The van der Waals surface area contributed by atoms with E-state index < -0.39 is 33.4 Å². The van der Waals surface area contributed by atoms with Crippen LogP contribution in [0.4, 0.5) is 11.4 Å². The van der Waals surface area contributed by atoms with Gasteiger partial charge in [-0.2, -0.15) is 0 Å². The Labute approximate surface area is 277 Å². The van der Waals surface area contributed by atoms with Gasteiger partial charge in [-0.3, -0.25) is 24.0 Å². The Kier molecular flexibility index (Phi) is 12.0. The van der Waals surface area contributed by atoms with Crippen molar-refractivity contribution in [2.75, 3.05) is 17.4 Å². The largest absolute Gasteiger partial charge is 0.354 e. The third-order valence-electron chi connectivity index (χ3n) is 7.31. The quantitative estimate of drug-likeness (QED) is 0.0902. The number of hydrogen-bond donors (Lipinski definition) is 1. The number of nitro groups is 1. The fourth-order valence-corrected chi connectivity index (χ4v) is 6.55. The highest BCUT2D eigenvalue weighted by Gasteiger charge is 2.35. The molecular formula is C34H35BrN4O6S. The summed E-state index contributed by atoms with van der Waals surface area (Å²) < 4.78 is 29.8. The van der Waals surface area contributed by atoms with Gasteiger partial charge in [0.15, 0.2) is 0 Å². The lowest BCUT2D eigenvalue weighted by Gasteiger charge is -2.34. The number of carbonyl (C=O) groups is 2. The number of nitro benzene ring substituents is 1. The number of nitrogens with zero attached hydrogens (tertiary/aromatic N) is 3. The Morgan fingerprint density at radius 2 is 1.54 bits per heavy atom. The number of anilines is 1. The van der Waals surface area contributed by atoms with Crippen molar-refractivity contribution in [3.05, 3.63) is 135 Å². The third-order valence-corrected chi connectivity index (χ3v) is 9.62. The number of unbranched alkanes of at least 4 members (excludes halogenated alkanes) is 1. The van der Waals surface area contributed by atoms with Crippen molar-refractivity contribution in [1.82, 2.24) is 10.2 Å². The van der Waals surface area contributed by atoms with Gasteiger partial charge in [0.1, 0.15) is 12.6 Å². The average Bonchev–Trinajstić information content (AvgIpc) is 3.06. The minimum atomic E-state index is -4.37. The standard InChI is InChI=1S/C34H35BrN4O6S/c1-2-3-21-36-34(41)32(22-26-11-6-4-7-12-26)37(24-27-17-19-28(35)20-18-27)33(40)25-38(29-13-10-14-30(23-29)39(42)43)46(44,45)31-15-8-5-9-16-31/h4-20,23,32H,2-3,21-22,24-25H2,1H3,(H,36,41)/t32-/m0/s1. The molecule has 0 aromatic heterocycles. The molecule has 0 aliphatic rings. The van der Waals surface area contributed by atoms with Crippen LogP contribution in [-0.4, -0.2) is 49.2 Å². The highest BCUT2D eigenvalue weighted by atomic mass is 79.9. The highest BCUT2D eigenvalue weighted by Crippen LogP contribution is 2.28. The molecule has 0 heterocycles. The zero-order valence-electron chi connectivity index (χ0n) is 25.3. The third kappa shape index (κ3) is 9.01. The molecule has 0 fully saturated rings. The second kappa shape index (κ2) is 16.1. The van der Waals surface area contributed by atoms with E-state index in [4.69, 9.17) is 0 Å². The molecule has 0 radical (unpaired) electrons. The van der Waals surface area contributed by atoms with Crippen molar-refractivity contribution in [2.45, 2.75) is 43.7 Å². The summed E-state index contributed by atoms with van der Waals surface area (Å²) in [5.74, 6) is -1.02. The summed E-state index contributed by atoms with van der Waals surface area (Å²) in [5, 5.41) is 14.6. The number of non-ortho nitro benzene ring substituents is 1. The molecule has 0 unspecified atom stereocenters. The zero-order valence-corrected chi connectivity index (χ0v) is 27.7. The lowest BCUT2D eigenvalue weighted by molar-refractivity contribution is -0.384. The summed E-state index contributed by atoms with van der Waals surface area (Å²) in [4.78, 5) is 40.5. The van der Waals surface area contributed by atoms with Gasteiger partial charge in [-0.1, -0.05) is 96.0 Å². The molecule has 2 amide bonds. The van der Waals surface area contributed by atoms with Gasteiger partial charge in [-0.15, -0.1) is 0 Å². The second-order valence-electron chi connectivity index (χ2n) is 10.6. The first-order valence-corrected chi connectivity index (χ1v) is 17.0. The molecule has 4 aromatic rings. The van der Waals surface area contributed by atoms with Gasteiger partial charge in [0.25, 0.3) is 15.7 Å². The zero-order chi connectivity index (χ0) is 33.1. The molecule has 1 N–H and O–H groups in total. The molecule has 46 heavy (non-hydrogen) atoms. The van der Waals surface area contributed by atoms with Crippen LogP contribution in [-0.2, 0) is 32.6 Å². The van der Waals surface area contributed by atoms with Gasteiger partial charge >= 0.3 is 0 Å². The fourth-order valence-electron chi connectivity index (χ4n) is 4.86. The predicted octanol–water partition coefficient (Wildman–Crippen LogP) is 6.11. The van der Waals surface area contributed by atoms with Crippen LogP contribution < -0.4 is 9.62 Å². The molecule has 0 aliphatic heterocycles. The lowest BCUT2D eigenvalue weighted by atomic mass is 10.0. The molecule has 12 heteroatoms. The molecule has 10 nitrogen and oxygen atoms in total. The fraction of sp³-hybridized carbons (Fsp3) is 0.235. The number of amides is 2. The van der Waals surface area contributed by atoms with E-state index >= 15 is 0 Å². The number of halogens is 1. The van der Waals surface area contributed by atoms with E-state index in [9.17, 15) is 28.1 Å². The van der Waals surface area contributed by atoms with Gasteiger partial charge in [0, 0.05) is 36.1 Å². The van der Waals surface area contributed by atoms with Crippen molar-refractivity contribution in [2.24, 2.45) is 0 Å². The molecule has 1 atom stereocenters. The first-order chi connectivity index (χ1) is 22.1. The van der Waals surface area contributed by atoms with Gasteiger partial charge in [0.2, 0.25) is 11.8 Å². The maximum absolute atomic E-state index is 14.5. The van der Waals surface area contributed by atoms with Crippen molar-refractivity contribution >= 4 is 49.1 Å². The summed E-state index contributed by atoms with van der Waals surface area (Å²) in [6, 6.07) is 28.2. The van der Waals surface area contributed by atoms with E-state index in [1.54, 1.807) is 18.2 Å². The molecule has 4 rings (SSSR count). The first-order valence-electron chi connectivity index (χ1n) is 14.8. The predicted molar refractivity (Wildman–Crippen MR) is 181 cm³/mol. The Balaban J connectivity index is 1.81. The first kappa shape index (κ1) is 34.3. The molecule has 0 spiro atoms. The molecule has 0 saturated heterocycles. The van der Waals surface area contributed by atoms with Crippen LogP contribution in [0.1, 0.15) is 30.9 Å². The number of rotatable bonds is 15. The highest BCUT2D eigenvalue weighted by molar-refractivity contribution is 9.10. The Hall–Kier alpha value is -4.55. The summed E-state index contributed by atoms with van der Waals surface area (Å²) in [7, 11) is -4.37. The average molecular weight is 708 g/mol. The smallest absolute Gasteiger partial charge is 0.271 e. The Bertz CT molecular complexity index is 1740. The summed E-state index contributed by atoms with van der Waals surface area (Å²) in [6.45, 7) is 1.73. The maximum atomic E-state index is 14.5. The number of sulfonamides is 1. The van der Waals surface area contributed by atoms with E-state index in [1.807, 2.05) is 61.5 Å². The molecule has 240 valence electrons. The topological polar surface area (TPSA) is 130 Å². The number of carbonyl (C=O) groups excluding carboxylic acids is 2. The van der Waals surface area contributed by atoms with Crippen molar-refractivity contribution < 1.29 is 22.9 Å². The molecule has 0 saturated carbocycles. The van der Waals surface area contributed by atoms with E-state index in [2.05, 4.69) is 21.2 Å². The van der Waals surface area contributed by atoms with Crippen LogP contribution in [0.5, 0.6) is 0 Å². The van der Waals surface area contributed by atoms with E-state index in [-0.39, 0.29) is 35.1 Å². The minimum absolute atomic E-state index is 0.0129. The summed E-state index contributed by atoms with van der Waals surface area (Å²) in [5.41, 5.74) is 1.16. The van der Waals surface area contributed by atoms with Crippen LogP contribution in [0.15, 0.2) is 119 Å². The van der Waals surface area contributed by atoms with Crippen molar-refractivity contribution in [1.29, 1.82) is 0 Å². The Morgan fingerprint density at radius 3 is 2.17 bits per heavy atom. The van der Waals surface area contributed by atoms with Crippen LogP contribution >= 0.6 is 15.9 Å². The summed E-state index contributed by atoms with van der Waals surface area (Å²) in [6.07, 6.45) is 1.80. The monoisotopic (exact) mass is 706 g/mol. The summed E-state index contributed by atoms with van der Waals surface area (Å²) >= 11 is 3.42. The minimum Gasteiger partial charge on any atom is -0.354 e.